The summed E-state index contributed by atoms with van der Waals surface area (Å²) in [5, 5.41) is 9.60. The number of hydrogen-bond donors (Lipinski definition) is 1. The Hall–Kier alpha value is -1.39. The first kappa shape index (κ1) is 15.0. The molecule has 1 aromatic heterocycles. The first-order valence-corrected chi connectivity index (χ1v) is 7.38. The first-order valence-electron chi connectivity index (χ1n) is 6.58. The molecule has 0 radical (unpaired) electrons. The number of benzene rings is 1. The smallest absolute Gasteiger partial charge is 0.0762 e. The van der Waals surface area contributed by atoms with E-state index in [9.17, 15) is 5.11 Å². The van der Waals surface area contributed by atoms with Gasteiger partial charge in [-0.15, -0.1) is 0 Å². The summed E-state index contributed by atoms with van der Waals surface area (Å²) in [6.45, 7) is 4.51. The molecule has 0 bridgehead atoms. The molecule has 0 aliphatic carbocycles. The molecule has 4 heteroatoms. The minimum atomic E-state index is -0.455. The van der Waals surface area contributed by atoms with Gasteiger partial charge in [0.2, 0.25) is 0 Å². The summed E-state index contributed by atoms with van der Waals surface area (Å²) in [6.07, 6.45) is -0.455. The number of rotatable bonds is 4. The Kier molecular flexibility index (Phi) is 4.78. The predicted molar refractivity (Wildman–Crippen MR) is 85.9 cm³/mol. The first-order chi connectivity index (χ1) is 9.47. The number of halogens is 1. The van der Waals surface area contributed by atoms with Crippen LogP contribution in [0, 0.1) is 6.92 Å². The third-order valence-corrected chi connectivity index (χ3v) is 3.85. The second-order valence-electron chi connectivity index (χ2n) is 5.01. The van der Waals surface area contributed by atoms with Gasteiger partial charge in [-0.3, -0.25) is 4.98 Å². The minimum absolute atomic E-state index is 0.455. The fourth-order valence-corrected chi connectivity index (χ4v) is 2.81. The molecule has 1 heterocycles. The van der Waals surface area contributed by atoms with E-state index in [1.807, 2.05) is 50.4 Å². The number of nitrogens with zero attached hydrogens (tertiary/aromatic N) is 2. The van der Waals surface area contributed by atoms with Gasteiger partial charge in [-0.25, -0.2) is 0 Å². The van der Waals surface area contributed by atoms with Crippen molar-refractivity contribution in [3.8, 4) is 0 Å². The van der Waals surface area contributed by atoms with E-state index in [0.29, 0.717) is 0 Å². The standard InChI is InChI=1S/C16H19BrN2O/c1-11-5-4-6-14(18-11)10-19(3)16-8-7-13(12(2)20)9-15(16)17/h4-9,12,20H,10H2,1-3H3/t12-/m0/s1. The Bertz CT molecular complexity index is 599. The van der Waals surface area contributed by atoms with Crippen molar-refractivity contribution in [1.29, 1.82) is 0 Å². The molecule has 1 atom stereocenters. The number of anilines is 1. The Morgan fingerprint density at radius 2 is 2.05 bits per heavy atom. The van der Waals surface area contributed by atoms with Gasteiger partial charge in [-0.05, 0) is 59.6 Å². The molecule has 2 rings (SSSR count). The lowest BCUT2D eigenvalue weighted by atomic mass is 10.1. The van der Waals surface area contributed by atoms with Crippen LogP contribution >= 0.6 is 15.9 Å². The monoisotopic (exact) mass is 334 g/mol. The number of aromatic nitrogens is 1. The van der Waals surface area contributed by atoms with Gasteiger partial charge in [-0.2, -0.15) is 0 Å². The highest BCUT2D eigenvalue weighted by Gasteiger charge is 2.10. The average Bonchev–Trinajstić information content (AvgIpc) is 2.38. The molecule has 0 aliphatic heterocycles. The van der Waals surface area contributed by atoms with E-state index in [0.717, 1.165) is 33.7 Å². The van der Waals surface area contributed by atoms with E-state index >= 15 is 0 Å². The quantitative estimate of drug-likeness (QED) is 0.922. The van der Waals surface area contributed by atoms with Crippen molar-refractivity contribution in [3.05, 3.63) is 57.8 Å². The highest BCUT2D eigenvalue weighted by molar-refractivity contribution is 9.10. The topological polar surface area (TPSA) is 36.4 Å². The summed E-state index contributed by atoms with van der Waals surface area (Å²) < 4.78 is 0.978. The third-order valence-electron chi connectivity index (χ3n) is 3.21. The molecular formula is C16H19BrN2O. The van der Waals surface area contributed by atoms with Crippen molar-refractivity contribution in [2.75, 3.05) is 11.9 Å². The lowest BCUT2D eigenvalue weighted by Gasteiger charge is -2.21. The molecule has 106 valence electrons. The van der Waals surface area contributed by atoms with Crippen molar-refractivity contribution < 1.29 is 5.11 Å². The molecule has 0 aliphatic rings. The number of pyridine rings is 1. The van der Waals surface area contributed by atoms with Gasteiger partial charge in [-0.1, -0.05) is 12.1 Å². The zero-order valence-corrected chi connectivity index (χ0v) is 13.6. The van der Waals surface area contributed by atoms with E-state index in [-0.39, 0.29) is 0 Å². The molecule has 0 saturated carbocycles. The number of aliphatic hydroxyl groups is 1. The van der Waals surface area contributed by atoms with Crippen LogP contribution in [0.4, 0.5) is 5.69 Å². The number of hydrogen-bond acceptors (Lipinski definition) is 3. The molecule has 0 spiro atoms. The molecule has 1 N–H and O–H groups in total. The Morgan fingerprint density at radius 1 is 1.30 bits per heavy atom. The van der Waals surface area contributed by atoms with Crippen molar-refractivity contribution in [1.82, 2.24) is 4.98 Å². The molecule has 20 heavy (non-hydrogen) atoms. The molecule has 0 unspecified atom stereocenters. The maximum atomic E-state index is 9.60. The van der Waals surface area contributed by atoms with E-state index in [1.165, 1.54) is 0 Å². The van der Waals surface area contributed by atoms with Gasteiger partial charge in [0, 0.05) is 17.2 Å². The highest BCUT2D eigenvalue weighted by Crippen LogP contribution is 2.29. The van der Waals surface area contributed by atoms with Crippen LogP contribution in [-0.2, 0) is 6.54 Å². The van der Waals surface area contributed by atoms with Crippen molar-refractivity contribution in [2.45, 2.75) is 26.5 Å². The van der Waals surface area contributed by atoms with Crippen LogP contribution < -0.4 is 4.90 Å². The second-order valence-corrected chi connectivity index (χ2v) is 5.87. The molecule has 0 saturated heterocycles. The van der Waals surface area contributed by atoms with Gasteiger partial charge in [0.25, 0.3) is 0 Å². The summed E-state index contributed by atoms with van der Waals surface area (Å²) in [4.78, 5) is 6.65. The van der Waals surface area contributed by atoms with E-state index < -0.39 is 6.10 Å². The Balaban J connectivity index is 2.19. The molecule has 3 nitrogen and oxygen atoms in total. The fraction of sp³-hybridized carbons (Fsp3) is 0.312. The van der Waals surface area contributed by atoms with Crippen LogP contribution in [0.5, 0.6) is 0 Å². The van der Waals surface area contributed by atoms with Gasteiger partial charge < -0.3 is 10.0 Å². The van der Waals surface area contributed by atoms with Gasteiger partial charge >= 0.3 is 0 Å². The van der Waals surface area contributed by atoms with E-state index in [1.54, 1.807) is 6.92 Å². The summed E-state index contributed by atoms with van der Waals surface area (Å²) in [5.41, 5.74) is 4.05. The zero-order valence-electron chi connectivity index (χ0n) is 12.0. The summed E-state index contributed by atoms with van der Waals surface area (Å²) in [5.74, 6) is 0. The van der Waals surface area contributed by atoms with Gasteiger partial charge in [0.05, 0.1) is 24.0 Å². The summed E-state index contributed by atoms with van der Waals surface area (Å²) >= 11 is 3.57. The highest BCUT2D eigenvalue weighted by atomic mass is 79.9. The lowest BCUT2D eigenvalue weighted by Crippen LogP contribution is -2.18. The second kappa shape index (κ2) is 6.37. The van der Waals surface area contributed by atoms with Crippen molar-refractivity contribution in [2.24, 2.45) is 0 Å². The molecular weight excluding hydrogens is 316 g/mol. The van der Waals surface area contributed by atoms with E-state index in [4.69, 9.17) is 0 Å². The Labute approximate surface area is 128 Å². The van der Waals surface area contributed by atoms with E-state index in [2.05, 4.69) is 25.8 Å². The largest absolute Gasteiger partial charge is 0.389 e. The summed E-state index contributed by atoms with van der Waals surface area (Å²) in [7, 11) is 2.03. The van der Waals surface area contributed by atoms with Crippen LogP contribution in [0.2, 0.25) is 0 Å². The van der Waals surface area contributed by atoms with Crippen LogP contribution in [0.3, 0.4) is 0 Å². The lowest BCUT2D eigenvalue weighted by molar-refractivity contribution is 0.199. The zero-order chi connectivity index (χ0) is 14.7. The SMILES string of the molecule is Cc1cccc(CN(C)c2ccc([C@H](C)O)cc2Br)n1. The molecule has 2 aromatic rings. The minimum Gasteiger partial charge on any atom is -0.389 e. The molecule has 1 aromatic carbocycles. The van der Waals surface area contributed by atoms with Crippen LogP contribution in [-0.4, -0.2) is 17.1 Å². The van der Waals surface area contributed by atoms with Gasteiger partial charge in [0.15, 0.2) is 0 Å². The van der Waals surface area contributed by atoms with Crippen LogP contribution in [0.25, 0.3) is 0 Å². The maximum Gasteiger partial charge on any atom is 0.0762 e. The van der Waals surface area contributed by atoms with Crippen LogP contribution in [0.1, 0.15) is 30.0 Å². The normalized spacial score (nSPS) is 12.2. The molecule has 0 fully saturated rings. The number of aryl methyl sites for hydroxylation is 1. The number of aliphatic hydroxyl groups excluding tert-OH is 1. The Morgan fingerprint density at radius 3 is 2.65 bits per heavy atom. The van der Waals surface area contributed by atoms with Gasteiger partial charge in [0.1, 0.15) is 0 Å². The van der Waals surface area contributed by atoms with Crippen LogP contribution in [0.15, 0.2) is 40.9 Å². The maximum absolute atomic E-state index is 9.60. The fourth-order valence-electron chi connectivity index (χ4n) is 2.11. The average molecular weight is 335 g/mol. The molecule has 0 amide bonds. The third kappa shape index (κ3) is 3.58. The summed E-state index contributed by atoms with van der Waals surface area (Å²) in [6, 6.07) is 12.0. The predicted octanol–water partition coefficient (Wildman–Crippen LogP) is 3.84. The van der Waals surface area contributed by atoms with Crippen molar-refractivity contribution >= 4 is 21.6 Å². The van der Waals surface area contributed by atoms with Crippen molar-refractivity contribution in [3.63, 3.8) is 0 Å².